The molecule has 0 spiro atoms. The van der Waals surface area contributed by atoms with Crippen LogP contribution in [0.25, 0.3) is 22.2 Å². The number of rotatable bonds is 7. The van der Waals surface area contributed by atoms with Crippen molar-refractivity contribution in [2.24, 2.45) is 0 Å². The molecule has 35 heavy (non-hydrogen) atoms. The Hall–Kier alpha value is -4.52. The summed E-state index contributed by atoms with van der Waals surface area (Å²) in [6, 6.07) is 25.5. The SMILES string of the molecule is Cc1ccccc1Cn1cnc2c(cnn2CCNC(=O)c2ccc(-c3ccccc3)cc2)c1=O. The van der Waals surface area contributed by atoms with E-state index in [-0.39, 0.29) is 11.5 Å². The van der Waals surface area contributed by atoms with E-state index in [1.54, 1.807) is 21.8 Å². The molecular weight excluding hydrogens is 438 g/mol. The first-order valence-corrected chi connectivity index (χ1v) is 11.5. The van der Waals surface area contributed by atoms with Gasteiger partial charge >= 0.3 is 0 Å². The first-order valence-electron chi connectivity index (χ1n) is 11.5. The normalized spacial score (nSPS) is 11.0. The van der Waals surface area contributed by atoms with E-state index in [4.69, 9.17) is 0 Å². The number of hydrogen-bond acceptors (Lipinski definition) is 4. The van der Waals surface area contributed by atoms with Crippen molar-refractivity contribution in [1.82, 2.24) is 24.6 Å². The minimum absolute atomic E-state index is 0.132. The van der Waals surface area contributed by atoms with Crippen molar-refractivity contribution in [3.8, 4) is 11.1 Å². The van der Waals surface area contributed by atoms with Crippen LogP contribution in [0.4, 0.5) is 0 Å². The molecule has 1 amide bonds. The molecule has 174 valence electrons. The van der Waals surface area contributed by atoms with Crippen LogP contribution in [0.1, 0.15) is 21.5 Å². The second kappa shape index (κ2) is 9.77. The van der Waals surface area contributed by atoms with E-state index in [0.29, 0.717) is 36.2 Å². The summed E-state index contributed by atoms with van der Waals surface area (Å²) in [6.45, 7) is 3.25. The molecule has 5 rings (SSSR count). The van der Waals surface area contributed by atoms with Gasteiger partial charge in [0, 0.05) is 12.1 Å². The molecule has 2 aromatic heterocycles. The summed E-state index contributed by atoms with van der Waals surface area (Å²) in [4.78, 5) is 30.0. The van der Waals surface area contributed by atoms with E-state index in [0.717, 1.165) is 22.3 Å². The van der Waals surface area contributed by atoms with Gasteiger partial charge in [0.25, 0.3) is 11.5 Å². The molecule has 0 fully saturated rings. The molecule has 0 aliphatic rings. The van der Waals surface area contributed by atoms with E-state index in [9.17, 15) is 9.59 Å². The van der Waals surface area contributed by atoms with Crippen LogP contribution in [0.5, 0.6) is 0 Å². The summed E-state index contributed by atoms with van der Waals surface area (Å²) in [6.07, 6.45) is 3.10. The van der Waals surface area contributed by atoms with Crippen molar-refractivity contribution in [2.75, 3.05) is 6.54 Å². The predicted octanol–water partition coefficient (Wildman–Crippen LogP) is 4.05. The van der Waals surface area contributed by atoms with E-state index < -0.39 is 0 Å². The fraction of sp³-hybridized carbons (Fsp3) is 0.143. The summed E-state index contributed by atoms with van der Waals surface area (Å²) in [5, 5.41) is 7.70. The summed E-state index contributed by atoms with van der Waals surface area (Å²) < 4.78 is 3.24. The van der Waals surface area contributed by atoms with Gasteiger partial charge in [-0.15, -0.1) is 0 Å². The molecular formula is C28H25N5O2. The van der Waals surface area contributed by atoms with Gasteiger partial charge in [-0.3, -0.25) is 14.2 Å². The Kier molecular flexibility index (Phi) is 6.22. The number of benzene rings is 3. The first kappa shape index (κ1) is 22.3. The number of hydrogen-bond donors (Lipinski definition) is 1. The van der Waals surface area contributed by atoms with Crippen LogP contribution in [0.3, 0.4) is 0 Å². The average molecular weight is 464 g/mol. The Bertz CT molecular complexity index is 1540. The van der Waals surface area contributed by atoms with Crippen LogP contribution in [-0.4, -0.2) is 31.8 Å². The number of carbonyl (C=O) groups is 1. The number of amides is 1. The number of fused-ring (bicyclic) bond motifs is 1. The van der Waals surface area contributed by atoms with Gasteiger partial charge in [0.2, 0.25) is 0 Å². The quantitative estimate of drug-likeness (QED) is 0.395. The molecule has 3 aromatic carbocycles. The molecule has 1 N–H and O–H groups in total. The Morgan fingerprint density at radius 3 is 2.40 bits per heavy atom. The van der Waals surface area contributed by atoms with E-state index >= 15 is 0 Å². The van der Waals surface area contributed by atoms with E-state index in [1.165, 1.54) is 0 Å². The number of nitrogens with one attached hydrogen (secondary N) is 1. The maximum atomic E-state index is 13.0. The lowest BCUT2D eigenvalue weighted by Gasteiger charge is -2.09. The highest BCUT2D eigenvalue weighted by molar-refractivity contribution is 5.94. The van der Waals surface area contributed by atoms with Crippen molar-refractivity contribution < 1.29 is 4.79 Å². The van der Waals surface area contributed by atoms with Gasteiger partial charge < -0.3 is 5.32 Å². The summed E-state index contributed by atoms with van der Waals surface area (Å²) in [5.74, 6) is -0.158. The lowest BCUT2D eigenvalue weighted by atomic mass is 10.0. The summed E-state index contributed by atoms with van der Waals surface area (Å²) >= 11 is 0. The first-order chi connectivity index (χ1) is 17.1. The van der Waals surface area contributed by atoms with Gasteiger partial charge in [0.1, 0.15) is 11.7 Å². The van der Waals surface area contributed by atoms with Gasteiger partial charge in [0.15, 0.2) is 5.65 Å². The second-order valence-electron chi connectivity index (χ2n) is 8.41. The minimum Gasteiger partial charge on any atom is -0.350 e. The van der Waals surface area contributed by atoms with Gasteiger partial charge in [-0.05, 0) is 41.3 Å². The van der Waals surface area contributed by atoms with E-state index in [2.05, 4.69) is 15.4 Å². The van der Waals surface area contributed by atoms with Crippen LogP contribution in [0.2, 0.25) is 0 Å². The van der Waals surface area contributed by atoms with Crippen molar-refractivity contribution >= 4 is 16.9 Å². The average Bonchev–Trinajstić information content (AvgIpc) is 3.31. The molecule has 0 saturated carbocycles. The van der Waals surface area contributed by atoms with Crippen molar-refractivity contribution in [3.63, 3.8) is 0 Å². The second-order valence-corrected chi connectivity index (χ2v) is 8.41. The molecule has 0 radical (unpaired) electrons. The highest BCUT2D eigenvalue weighted by Gasteiger charge is 2.12. The maximum Gasteiger partial charge on any atom is 0.264 e. The minimum atomic E-state index is -0.158. The third-order valence-electron chi connectivity index (χ3n) is 6.09. The highest BCUT2D eigenvalue weighted by Crippen LogP contribution is 2.19. The molecule has 7 nitrogen and oxygen atoms in total. The van der Waals surface area contributed by atoms with Crippen molar-refractivity contribution in [1.29, 1.82) is 0 Å². The number of aromatic nitrogens is 4. The van der Waals surface area contributed by atoms with Crippen LogP contribution in [0.15, 0.2) is 96.2 Å². The van der Waals surface area contributed by atoms with Crippen molar-refractivity contribution in [3.05, 3.63) is 118 Å². The number of aryl methyl sites for hydroxylation is 1. The molecule has 0 aliphatic carbocycles. The Morgan fingerprint density at radius 1 is 0.914 bits per heavy atom. The predicted molar refractivity (Wildman–Crippen MR) is 136 cm³/mol. The molecule has 0 aliphatic heterocycles. The van der Waals surface area contributed by atoms with Gasteiger partial charge in [-0.1, -0.05) is 66.7 Å². The summed E-state index contributed by atoms with van der Waals surface area (Å²) in [7, 11) is 0. The summed E-state index contributed by atoms with van der Waals surface area (Å²) in [5.41, 5.74) is 5.33. The van der Waals surface area contributed by atoms with Crippen LogP contribution < -0.4 is 10.9 Å². The van der Waals surface area contributed by atoms with Crippen molar-refractivity contribution in [2.45, 2.75) is 20.0 Å². The molecule has 7 heteroatoms. The zero-order chi connectivity index (χ0) is 24.2. The monoisotopic (exact) mass is 463 g/mol. The molecule has 5 aromatic rings. The van der Waals surface area contributed by atoms with Crippen LogP contribution >= 0.6 is 0 Å². The van der Waals surface area contributed by atoms with Gasteiger partial charge in [-0.25, -0.2) is 9.67 Å². The third-order valence-corrected chi connectivity index (χ3v) is 6.09. The Balaban J connectivity index is 1.23. The zero-order valence-corrected chi connectivity index (χ0v) is 19.4. The standard InChI is InChI=1S/C28H25N5O2/c1-20-7-5-6-10-24(20)18-32-19-30-26-25(28(32)35)17-31-33(26)16-15-29-27(34)23-13-11-22(12-14-23)21-8-3-2-4-9-21/h2-14,17,19H,15-16,18H2,1H3,(H,29,34). The maximum absolute atomic E-state index is 13.0. The lowest BCUT2D eigenvalue weighted by molar-refractivity contribution is 0.0952. The van der Waals surface area contributed by atoms with E-state index in [1.807, 2.05) is 85.8 Å². The third kappa shape index (κ3) is 4.75. The molecule has 0 saturated heterocycles. The number of carbonyl (C=O) groups excluding carboxylic acids is 1. The van der Waals surface area contributed by atoms with Crippen LogP contribution in [0, 0.1) is 6.92 Å². The molecule has 0 bridgehead atoms. The molecule has 0 unspecified atom stereocenters. The lowest BCUT2D eigenvalue weighted by Crippen LogP contribution is -2.27. The zero-order valence-electron chi connectivity index (χ0n) is 19.4. The highest BCUT2D eigenvalue weighted by atomic mass is 16.1. The van der Waals surface area contributed by atoms with Gasteiger partial charge in [-0.2, -0.15) is 5.10 Å². The fourth-order valence-corrected chi connectivity index (χ4v) is 4.07. The largest absolute Gasteiger partial charge is 0.350 e. The smallest absolute Gasteiger partial charge is 0.264 e. The topological polar surface area (TPSA) is 81.8 Å². The Morgan fingerprint density at radius 2 is 1.63 bits per heavy atom. The molecule has 0 atom stereocenters. The fourth-order valence-electron chi connectivity index (χ4n) is 4.07. The molecule has 2 heterocycles. The van der Waals surface area contributed by atoms with Gasteiger partial charge in [0.05, 0.1) is 19.3 Å². The Labute approximate surface area is 202 Å². The number of nitrogens with zero attached hydrogens (tertiary/aromatic N) is 4. The van der Waals surface area contributed by atoms with Crippen LogP contribution in [-0.2, 0) is 13.1 Å².